The Bertz CT molecular complexity index is 615. The summed E-state index contributed by atoms with van der Waals surface area (Å²) in [6.07, 6.45) is -0.880. The van der Waals surface area contributed by atoms with Gasteiger partial charge in [-0.2, -0.15) is 0 Å². The fraction of sp³-hybridized carbons (Fsp3) is 0.200. The van der Waals surface area contributed by atoms with Gasteiger partial charge in [0, 0.05) is 11.6 Å². The van der Waals surface area contributed by atoms with Crippen LogP contribution in [-0.2, 0) is 6.61 Å². The lowest BCUT2D eigenvalue weighted by molar-refractivity contribution is 0.194. The molecule has 0 aliphatic rings. The van der Waals surface area contributed by atoms with Crippen molar-refractivity contribution in [2.75, 3.05) is 0 Å². The summed E-state index contributed by atoms with van der Waals surface area (Å²) >= 11 is 5.58. The summed E-state index contributed by atoms with van der Waals surface area (Å²) in [5, 5.41) is 9.37. The van der Waals surface area contributed by atoms with Crippen LogP contribution in [0, 0.1) is 11.6 Å². The molecular formula is C15H13ClF2O2. The first-order chi connectivity index (χ1) is 9.47. The molecule has 1 N–H and O–H groups in total. The van der Waals surface area contributed by atoms with Crippen LogP contribution in [0.5, 0.6) is 5.75 Å². The lowest BCUT2D eigenvalue weighted by atomic mass is 10.1. The van der Waals surface area contributed by atoms with Crippen LogP contribution < -0.4 is 4.74 Å². The normalized spacial score (nSPS) is 12.2. The molecule has 2 rings (SSSR count). The molecule has 0 heterocycles. The van der Waals surface area contributed by atoms with Crippen LogP contribution in [0.15, 0.2) is 36.4 Å². The van der Waals surface area contributed by atoms with E-state index in [9.17, 15) is 13.9 Å². The van der Waals surface area contributed by atoms with Gasteiger partial charge in [-0.3, -0.25) is 0 Å². The van der Waals surface area contributed by atoms with Gasteiger partial charge in [0.25, 0.3) is 0 Å². The molecule has 0 bridgehead atoms. The molecule has 0 aliphatic heterocycles. The van der Waals surface area contributed by atoms with Crippen LogP contribution in [0.3, 0.4) is 0 Å². The van der Waals surface area contributed by atoms with E-state index in [1.807, 2.05) is 0 Å². The highest BCUT2D eigenvalue weighted by molar-refractivity contribution is 6.30. The molecule has 1 atom stereocenters. The fourth-order valence-corrected chi connectivity index (χ4v) is 1.85. The number of aliphatic hydroxyl groups excluding tert-OH is 1. The minimum atomic E-state index is -0.880. The Morgan fingerprint density at radius 1 is 1.15 bits per heavy atom. The smallest absolute Gasteiger partial charge is 0.142 e. The topological polar surface area (TPSA) is 29.5 Å². The quantitative estimate of drug-likeness (QED) is 0.914. The molecule has 0 saturated carbocycles. The molecule has 0 radical (unpaired) electrons. The monoisotopic (exact) mass is 298 g/mol. The molecule has 0 aromatic heterocycles. The lowest BCUT2D eigenvalue weighted by Crippen LogP contribution is -1.99. The van der Waals surface area contributed by atoms with E-state index in [0.717, 1.165) is 0 Å². The fourth-order valence-electron chi connectivity index (χ4n) is 1.73. The lowest BCUT2D eigenvalue weighted by Gasteiger charge is -2.10. The van der Waals surface area contributed by atoms with Crippen molar-refractivity contribution in [3.8, 4) is 5.75 Å². The first kappa shape index (κ1) is 14.8. The van der Waals surface area contributed by atoms with E-state index in [1.54, 1.807) is 12.1 Å². The van der Waals surface area contributed by atoms with E-state index in [0.29, 0.717) is 11.3 Å². The molecule has 2 aromatic carbocycles. The minimum Gasteiger partial charge on any atom is -0.489 e. The maximum Gasteiger partial charge on any atom is 0.142 e. The van der Waals surface area contributed by atoms with Gasteiger partial charge < -0.3 is 9.84 Å². The maximum atomic E-state index is 13.6. The van der Waals surface area contributed by atoms with Crippen molar-refractivity contribution in [3.05, 3.63) is 64.2 Å². The molecular weight excluding hydrogens is 286 g/mol. The SMILES string of the molecule is C[C@H](O)c1ccc(OCc2ccc(Cl)c(F)c2)cc1F. The van der Waals surface area contributed by atoms with Crippen LogP contribution in [0.4, 0.5) is 8.78 Å². The van der Waals surface area contributed by atoms with Crippen molar-refractivity contribution >= 4 is 11.6 Å². The molecule has 0 spiro atoms. The average molecular weight is 299 g/mol. The molecule has 2 nitrogen and oxygen atoms in total. The van der Waals surface area contributed by atoms with Crippen LogP contribution in [0.1, 0.15) is 24.2 Å². The molecule has 5 heteroatoms. The summed E-state index contributed by atoms with van der Waals surface area (Å²) < 4.78 is 32.2. The first-order valence-corrected chi connectivity index (χ1v) is 6.39. The predicted molar refractivity (Wildman–Crippen MR) is 72.8 cm³/mol. The van der Waals surface area contributed by atoms with Gasteiger partial charge in [-0.15, -0.1) is 0 Å². The Hall–Kier alpha value is -1.65. The highest BCUT2D eigenvalue weighted by Gasteiger charge is 2.09. The minimum absolute atomic E-state index is 0.0427. The van der Waals surface area contributed by atoms with Gasteiger partial charge in [0.05, 0.1) is 11.1 Å². The number of benzene rings is 2. The third kappa shape index (κ3) is 3.46. The summed E-state index contributed by atoms with van der Waals surface area (Å²) in [4.78, 5) is 0. The summed E-state index contributed by atoms with van der Waals surface area (Å²) in [7, 11) is 0. The van der Waals surface area contributed by atoms with Gasteiger partial charge in [-0.25, -0.2) is 8.78 Å². The van der Waals surface area contributed by atoms with Gasteiger partial charge in [0.15, 0.2) is 0 Å². The average Bonchev–Trinajstić information content (AvgIpc) is 2.40. The summed E-state index contributed by atoms with van der Waals surface area (Å²) in [5.41, 5.74) is 0.793. The first-order valence-electron chi connectivity index (χ1n) is 6.01. The highest BCUT2D eigenvalue weighted by atomic mass is 35.5. The largest absolute Gasteiger partial charge is 0.489 e. The van der Waals surface area contributed by atoms with Crippen LogP contribution in [0.2, 0.25) is 5.02 Å². The van der Waals surface area contributed by atoms with Crippen molar-refractivity contribution in [1.29, 1.82) is 0 Å². The Morgan fingerprint density at radius 3 is 2.50 bits per heavy atom. The van der Waals surface area contributed by atoms with E-state index in [2.05, 4.69) is 0 Å². The van der Waals surface area contributed by atoms with Crippen molar-refractivity contribution in [2.45, 2.75) is 19.6 Å². The third-order valence-electron chi connectivity index (χ3n) is 2.81. The van der Waals surface area contributed by atoms with E-state index >= 15 is 0 Å². The summed E-state index contributed by atoms with van der Waals surface area (Å²) in [6, 6.07) is 8.53. The van der Waals surface area contributed by atoms with E-state index in [1.165, 1.54) is 31.2 Å². The Labute approximate surface area is 120 Å². The number of hydrogen-bond acceptors (Lipinski definition) is 2. The number of hydrogen-bond donors (Lipinski definition) is 1. The van der Waals surface area contributed by atoms with Gasteiger partial charge in [0.1, 0.15) is 24.0 Å². The second-order valence-corrected chi connectivity index (χ2v) is 4.80. The summed E-state index contributed by atoms with van der Waals surface area (Å²) in [5.74, 6) is -0.759. The predicted octanol–water partition coefficient (Wildman–Crippen LogP) is 4.25. The van der Waals surface area contributed by atoms with Crippen molar-refractivity contribution in [1.82, 2.24) is 0 Å². The zero-order chi connectivity index (χ0) is 14.7. The zero-order valence-corrected chi connectivity index (χ0v) is 11.5. The van der Waals surface area contributed by atoms with Crippen molar-refractivity contribution in [2.24, 2.45) is 0 Å². The Kier molecular flexibility index (Phi) is 4.57. The van der Waals surface area contributed by atoms with Gasteiger partial charge in [0.2, 0.25) is 0 Å². The summed E-state index contributed by atoms with van der Waals surface area (Å²) in [6.45, 7) is 1.58. The Balaban J connectivity index is 2.07. The molecule has 20 heavy (non-hydrogen) atoms. The van der Waals surface area contributed by atoms with Crippen LogP contribution in [-0.4, -0.2) is 5.11 Å². The molecule has 106 valence electrons. The third-order valence-corrected chi connectivity index (χ3v) is 3.12. The standard InChI is InChI=1S/C15H13ClF2O2/c1-9(19)12-4-3-11(7-14(12)17)20-8-10-2-5-13(16)15(18)6-10/h2-7,9,19H,8H2,1H3/t9-/m0/s1. The molecule has 0 unspecified atom stereocenters. The van der Waals surface area contributed by atoms with Crippen molar-refractivity contribution in [3.63, 3.8) is 0 Å². The van der Waals surface area contributed by atoms with Crippen molar-refractivity contribution < 1.29 is 18.6 Å². The zero-order valence-electron chi connectivity index (χ0n) is 10.7. The van der Waals surface area contributed by atoms with Gasteiger partial charge >= 0.3 is 0 Å². The molecule has 0 fully saturated rings. The molecule has 0 saturated heterocycles. The second kappa shape index (κ2) is 6.20. The second-order valence-electron chi connectivity index (χ2n) is 4.40. The van der Waals surface area contributed by atoms with Crippen LogP contribution >= 0.6 is 11.6 Å². The Morgan fingerprint density at radius 2 is 1.90 bits per heavy atom. The van der Waals surface area contributed by atoms with E-state index in [4.69, 9.17) is 16.3 Å². The number of ether oxygens (including phenoxy) is 1. The van der Waals surface area contributed by atoms with Gasteiger partial charge in [-0.1, -0.05) is 17.7 Å². The molecule has 2 aromatic rings. The number of halogens is 3. The maximum absolute atomic E-state index is 13.6. The number of aliphatic hydroxyl groups is 1. The van der Waals surface area contributed by atoms with Gasteiger partial charge in [-0.05, 0) is 36.8 Å². The van der Waals surface area contributed by atoms with E-state index in [-0.39, 0.29) is 17.2 Å². The van der Waals surface area contributed by atoms with E-state index < -0.39 is 17.7 Å². The van der Waals surface area contributed by atoms with Crippen LogP contribution in [0.25, 0.3) is 0 Å². The molecule has 0 aliphatic carbocycles. The number of rotatable bonds is 4. The highest BCUT2D eigenvalue weighted by Crippen LogP contribution is 2.23. The molecule has 0 amide bonds.